The summed E-state index contributed by atoms with van der Waals surface area (Å²) in [7, 11) is 1.66. The fourth-order valence-electron chi connectivity index (χ4n) is 3.15. The standard InChI is InChI=1S/C21H25N3O2/c1-26-13-7-12-22-21(25)24-14-18(16-8-3-2-4-9-16)19-15-23-20-11-6-5-10-17(19)20/h2-6,8-11,15,18,23H,7,12-14H2,1H3,(H2,22,24,25)/t18-/m1/s1. The number of nitrogens with one attached hydrogen (secondary N) is 3. The summed E-state index contributed by atoms with van der Waals surface area (Å²) in [5, 5.41) is 7.06. The topological polar surface area (TPSA) is 66.2 Å². The van der Waals surface area contributed by atoms with Gasteiger partial charge >= 0.3 is 6.03 Å². The molecule has 2 aromatic carbocycles. The van der Waals surface area contributed by atoms with Gasteiger partial charge in [0.1, 0.15) is 0 Å². The predicted octanol–water partition coefficient (Wildman–Crippen LogP) is 3.64. The first-order chi connectivity index (χ1) is 12.8. The molecular weight excluding hydrogens is 326 g/mol. The van der Waals surface area contributed by atoms with E-state index in [1.54, 1.807) is 7.11 Å². The molecule has 0 spiro atoms. The minimum Gasteiger partial charge on any atom is -0.385 e. The molecule has 0 aliphatic carbocycles. The van der Waals surface area contributed by atoms with Gasteiger partial charge in [0.05, 0.1) is 0 Å². The molecule has 0 saturated carbocycles. The van der Waals surface area contributed by atoms with Gasteiger partial charge in [0.2, 0.25) is 0 Å². The number of para-hydroxylation sites is 1. The van der Waals surface area contributed by atoms with Crippen LogP contribution in [0.5, 0.6) is 0 Å². The number of hydrogen-bond acceptors (Lipinski definition) is 2. The van der Waals surface area contributed by atoms with E-state index in [9.17, 15) is 4.79 Å². The molecule has 2 amide bonds. The highest BCUT2D eigenvalue weighted by molar-refractivity contribution is 5.84. The first-order valence-electron chi connectivity index (χ1n) is 8.91. The second-order valence-electron chi connectivity index (χ2n) is 6.24. The van der Waals surface area contributed by atoms with Crippen molar-refractivity contribution in [3.05, 3.63) is 71.9 Å². The van der Waals surface area contributed by atoms with E-state index >= 15 is 0 Å². The normalized spacial score (nSPS) is 12.0. The third kappa shape index (κ3) is 4.43. The van der Waals surface area contributed by atoms with E-state index in [-0.39, 0.29) is 11.9 Å². The average molecular weight is 351 g/mol. The highest BCUT2D eigenvalue weighted by Gasteiger charge is 2.18. The number of carbonyl (C=O) groups is 1. The molecule has 5 heteroatoms. The van der Waals surface area contributed by atoms with E-state index in [0.717, 1.165) is 11.9 Å². The van der Waals surface area contributed by atoms with E-state index in [2.05, 4.69) is 39.9 Å². The lowest BCUT2D eigenvalue weighted by atomic mass is 9.91. The van der Waals surface area contributed by atoms with E-state index in [4.69, 9.17) is 4.74 Å². The lowest BCUT2D eigenvalue weighted by Gasteiger charge is -2.18. The third-order valence-electron chi connectivity index (χ3n) is 4.48. The monoisotopic (exact) mass is 351 g/mol. The summed E-state index contributed by atoms with van der Waals surface area (Å²) in [6.45, 7) is 1.77. The minimum absolute atomic E-state index is 0.0806. The molecule has 0 saturated heterocycles. The number of aromatic amines is 1. The summed E-state index contributed by atoms with van der Waals surface area (Å²) in [5.41, 5.74) is 3.47. The average Bonchev–Trinajstić information content (AvgIpc) is 3.10. The number of urea groups is 1. The molecule has 0 fully saturated rings. The van der Waals surface area contributed by atoms with E-state index in [1.807, 2.05) is 36.5 Å². The molecule has 0 aliphatic rings. The van der Waals surface area contributed by atoms with Crippen LogP contribution < -0.4 is 10.6 Å². The molecule has 1 aromatic heterocycles. The van der Waals surface area contributed by atoms with Gasteiger partial charge in [0.15, 0.2) is 0 Å². The summed E-state index contributed by atoms with van der Waals surface area (Å²) in [5.74, 6) is 0.0806. The molecule has 0 radical (unpaired) electrons. The third-order valence-corrected chi connectivity index (χ3v) is 4.48. The second kappa shape index (κ2) is 9.06. The van der Waals surface area contributed by atoms with Gasteiger partial charge in [-0.2, -0.15) is 0 Å². The van der Waals surface area contributed by atoms with Crippen LogP contribution in [0.4, 0.5) is 4.79 Å². The van der Waals surface area contributed by atoms with Gasteiger partial charge in [0, 0.05) is 49.8 Å². The molecule has 0 unspecified atom stereocenters. The van der Waals surface area contributed by atoms with Crippen molar-refractivity contribution in [1.29, 1.82) is 0 Å². The molecule has 26 heavy (non-hydrogen) atoms. The summed E-state index contributed by atoms with van der Waals surface area (Å²) in [6.07, 6.45) is 2.84. The van der Waals surface area contributed by atoms with E-state index < -0.39 is 0 Å². The molecule has 5 nitrogen and oxygen atoms in total. The molecule has 3 rings (SSSR count). The molecule has 1 heterocycles. The number of benzene rings is 2. The van der Waals surface area contributed by atoms with Crippen LogP contribution in [0.15, 0.2) is 60.8 Å². The van der Waals surface area contributed by atoms with Crippen LogP contribution in [0.2, 0.25) is 0 Å². The highest BCUT2D eigenvalue weighted by Crippen LogP contribution is 2.30. The minimum atomic E-state index is -0.151. The Labute approximate surface area is 153 Å². The smallest absolute Gasteiger partial charge is 0.314 e. The number of ether oxygens (including phenoxy) is 1. The number of hydrogen-bond donors (Lipinski definition) is 3. The molecule has 136 valence electrons. The van der Waals surface area contributed by atoms with Crippen LogP contribution in [0.1, 0.15) is 23.5 Å². The highest BCUT2D eigenvalue weighted by atomic mass is 16.5. The van der Waals surface area contributed by atoms with Gasteiger partial charge in [-0.15, -0.1) is 0 Å². The van der Waals surface area contributed by atoms with Crippen molar-refractivity contribution < 1.29 is 9.53 Å². The number of H-pyrrole nitrogens is 1. The number of methoxy groups -OCH3 is 1. The largest absolute Gasteiger partial charge is 0.385 e. The quantitative estimate of drug-likeness (QED) is 0.543. The fraction of sp³-hybridized carbons (Fsp3) is 0.286. The van der Waals surface area contributed by atoms with Gasteiger partial charge in [-0.05, 0) is 23.6 Å². The van der Waals surface area contributed by atoms with Gasteiger partial charge < -0.3 is 20.4 Å². The van der Waals surface area contributed by atoms with Crippen LogP contribution in [0.3, 0.4) is 0 Å². The Balaban J connectivity index is 1.74. The maximum absolute atomic E-state index is 12.1. The molecule has 0 aliphatic heterocycles. The molecule has 0 bridgehead atoms. The van der Waals surface area contributed by atoms with Crippen LogP contribution in [0, 0.1) is 0 Å². The van der Waals surface area contributed by atoms with Gasteiger partial charge in [-0.3, -0.25) is 0 Å². The number of carbonyl (C=O) groups excluding carboxylic acids is 1. The first-order valence-corrected chi connectivity index (χ1v) is 8.91. The van der Waals surface area contributed by atoms with Crippen molar-refractivity contribution >= 4 is 16.9 Å². The zero-order valence-electron chi connectivity index (χ0n) is 15.0. The van der Waals surface area contributed by atoms with Crippen LogP contribution >= 0.6 is 0 Å². The maximum Gasteiger partial charge on any atom is 0.314 e. The lowest BCUT2D eigenvalue weighted by Crippen LogP contribution is -2.38. The van der Waals surface area contributed by atoms with E-state index in [1.165, 1.54) is 16.5 Å². The molecule has 3 aromatic rings. The van der Waals surface area contributed by atoms with Crippen molar-refractivity contribution in [3.8, 4) is 0 Å². The Morgan fingerprint density at radius 1 is 1.08 bits per heavy atom. The van der Waals surface area contributed by atoms with Crippen LogP contribution in [-0.2, 0) is 4.74 Å². The van der Waals surface area contributed by atoms with Gasteiger partial charge in [-0.25, -0.2) is 4.79 Å². The number of amides is 2. The van der Waals surface area contributed by atoms with Crippen molar-refractivity contribution in [2.45, 2.75) is 12.3 Å². The molecule has 3 N–H and O–H groups in total. The van der Waals surface area contributed by atoms with Crippen LogP contribution in [0.25, 0.3) is 10.9 Å². The Kier molecular flexibility index (Phi) is 6.28. The number of fused-ring (bicyclic) bond motifs is 1. The number of rotatable bonds is 8. The van der Waals surface area contributed by atoms with Gasteiger partial charge in [-0.1, -0.05) is 48.5 Å². The molecular formula is C21H25N3O2. The maximum atomic E-state index is 12.1. The molecule has 1 atom stereocenters. The second-order valence-corrected chi connectivity index (χ2v) is 6.24. The first kappa shape index (κ1) is 18.0. The fourth-order valence-corrected chi connectivity index (χ4v) is 3.15. The Morgan fingerprint density at radius 3 is 2.65 bits per heavy atom. The summed E-state index contributed by atoms with van der Waals surface area (Å²) >= 11 is 0. The Hall–Kier alpha value is -2.79. The zero-order chi connectivity index (χ0) is 18.2. The number of aromatic nitrogens is 1. The van der Waals surface area contributed by atoms with Crippen LogP contribution in [-0.4, -0.2) is 37.8 Å². The van der Waals surface area contributed by atoms with Crippen molar-refractivity contribution in [1.82, 2.24) is 15.6 Å². The summed E-state index contributed by atoms with van der Waals surface area (Å²) in [6, 6.07) is 18.4. The summed E-state index contributed by atoms with van der Waals surface area (Å²) < 4.78 is 4.99. The Bertz CT molecular complexity index is 829. The van der Waals surface area contributed by atoms with E-state index in [0.29, 0.717) is 19.7 Å². The van der Waals surface area contributed by atoms with Crippen molar-refractivity contribution in [2.24, 2.45) is 0 Å². The Morgan fingerprint density at radius 2 is 1.85 bits per heavy atom. The lowest BCUT2D eigenvalue weighted by molar-refractivity contribution is 0.193. The summed E-state index contributed by atoms with van der Waals surface area (Å²) in [4.78, 5) is 15.4. The van der Waals surface area contributed by atoms with Crippen molar-refractivity contribution in [2.75, 3.05) is 26.8 Å². The zero-order valence-corrected chi connectivity index (χ0v) is 15.0. The van der Waals surface area contributed by atoms with Gasteiger partial charge in [0.25, 0.3) is 0 Å². The SMILES string of the molecule is COCCCNC(=O)NC[C@H](c1ccccc1)c1c[nH]c2ccccc12. The van der Waals surface area contributed by atoms with Crippen molar-refractivity contribution in [3.63, 3.8) is 0 Å². The predicted molar refractivity (Wildman–Crippen MR) is 104 cm³/mol.